The molecule has 1 atom stereocenters. The van der Waals surface area contributed by atoms with E-state index in [4.69, 9.17) is 0 Å². The third-order valence-electron chi connectivity index (χ3n) is 7.49. The minimum absolute atomic E-state index is 0.0545. The van der Waals surface area contributed by atoms with Crippen LogP contribution in [0, 0.1) is 5.82 Å². The first-order valence-electron chi connectivity index (χ1n) is 13.3. The SMILES string of the molecule is O=C(CC1Cc2ccc(-c3cc(F)cc(OC(F)F)c3)cc2N1S(=O)(=O)c1cccc(C(F)(F)F)c1)N1CCC(O)CC1. The normalized spacial score (nSPS) is 17.8. The van der Waals surface area contributed by atoms with Crippen LogP contribution in [0.25, 0.3) is 11.1 Å². The molecule has 1 saturated heterocycles. The number of halogens is 6. The number of aliphatic hydroxyl groups is 1. The van der Waals surface area contributed by atoms with E-state index in [1.54, 1.807) is 6.07 Å². The molecule has 2 aliphatic heterocycles. The Hall–Kier alpha value is -3.78. The topological polar surface area (TPSA) is 87.2 Å². The summed E-state index contributed by atoms with van der Waals surface area (Å²) in [6.45, 7) is -2.68. The van der Waals surface area contributed by atoms with Gasteiger partial charge in [0.1, 0.15) is 11.6 Å². The maximum Gasteiger partial charge on any atom is 0.416 e. The molecule has 14 heteroatoms. The van der Waals surface area contributed by atoms with Gasteiger partial charge in [0.15, 0.2) is 0 Å². The number of anilines is 1. The van der Waals surface area contributed by atoms with Crippen molar-refractivity contribution in [3.63, 3.8) is 0 Å². The summed E-state index contributed by atoms with van der Waals surface area (Å²) in [4.78, 5) is 14.1. The Morgan fingerprint density at radius 3 is 2.40 bits per heavy atom. The number of ether oxygens (including phenoxy) is 1. The second-order valence-corrected chi connectivity index (χ2v) is 12.2. The van der Waals surface area contributed by atoms with Gasteiger partial charge >= 0.3 is 12.8 Å². The lowest BCUT2D eigenvalue weighted by molar-refractivity contribution is -0.137. The molecule has 230 valence electrons. The van der Waals surface area contributed by atoms with Gasteiger partial charge in [-0.15, -0.1) is 0 Å². The number of piperidine rings is 1. The second kappa shape index (κ2) is 11.7. The van der Waals surface area contributed by atoms with E-state index in [9.17, 15) is 44.7 Å². The highest BCUT2D eigenvalue weighted by molar-refractivity contribution is 7.92. The van der Waals surface area contributed by atoms with Crippen LogP contribution < -0.4 is 9.04 Å². The monoisotopic (exact) mass is 628 g/mol. The van der Waals surface area contributed by atoms with Crippen LogP contribution in [-0.4, -0.2) is 56.2 Å². The number of likely N-dealkylation sites (tertiary alicyclic amines) is 1. The number of hydrogen-bond donors (Lipinski definition) is 1. The molecule has 1 fully saturated rings. The number of nitrogens with zero attached hydrogens (tertiary/aromatic N) is 2. The lowest BCUT2D eigenvalue weighted by Gasteiger charge is -2.32. The highest BCUT2D eigenvalue weighted by Gasteiger charge is 2.41. The third kappa shape index (κ3) is 6.59. The predicted octanol–water partition coefficient (Wildman–Crippen LogP) is 5.61. The number of amides is 1. The quantitative estimate of drug-likeness (QED) is 0.344. The van der Waals surface area contributed by atoms with Gasteiger partial charge in [-0.2, -0.15) is 22.0 Å². The van der Waals surface area contributed by atoms with Gasteiger partial charge in [0.05, 0.1) is 28.3 Å². The second-order valence-electron chi connectivity index (χ2n) is 10.4. The Bertz CT molecular complexity index is 1620. The smallest absolute Gasteiger partial charge is 0.416 e. The van der Waals surface area contributed by atoms with Gasteiger partial charge in [0.25, 0.3) is 10.0 Å². The molecule has 0 aromatic heterocycles. The summed E-state index contributed by atoms with van der Waals surface area (Å²) >= 11 is 0. The number of rotatable bonds is 7. The van der Waals surface area contributed by atoms with Crippen molar-refractivity contribution in [2.45, 2.75) is 55.5 Å². The maximum absolute atomic E-state index is 14.3. The van der Waals surface area contributed by atoms with Crippen LogP contribution in [0.2, 0.25) is 0 Å². The molecular formula is C29H26F6N2O5S. The first-order valence-corrected chi connectivity index (χ1v) is 14.7. The summed E-state index contributed by atoms with van der Waals surface area (Å²) in [5, 5.41) is 9.79. The van der Waals surface area contributed by atoms with Crippen LogP contribution >= 0.6 is 0 Å². The number of carbonyl (C=O) groups is 1. The molecular weight excluding hydrogens is 602 g/mol. The predicted molar refractivity (Wildman–Crippen MR) is 144 cm³/mol. The molecule has 1 amide bonds. The first kappa shape index (κ1) is 30.7. The Morgan fingerprint density at radius 1 is 1.00 bits per heavy atom. The summed E-state index contributed by atoms with van der Waals surface area (Å²) in [5.41, 5.74) is -0.346. The van der Waals surface area contributed by atoms with Crippen LogP contribution in [0.5, 0.6) is 5.75 Å². The van der Waals surface area contributed by atoms with Crippen molar-refractivity contribution in [2.75, 3.05) is 17.4 Å². The van der Waals surface area contributed by atoms with Crippen molar-refractivity contribution in [1.82, 2.24) is 4.90 Å². The zero-order valence-corrected chi connectivity index (χ0v) is 23.2. The minimum Gasteiger partial charge on any atom is -0.435 e. The van der Waals surface area contributed by atoms with Crippen LogP contribution in [0.4, 0.5) is 32.0 Å². The molecule has 0 radical (unpaired) electrons. The fourth-order valence-corrected chi connectivity index (χ4v) is 7.15. The summed E-state index contributed by atoms with van der Waals surface area (Å²) < 4.78 is 114. The largest absolute Gasteiger partial charge is 0.435 e. The van der Waals surface area contributed by atoms with E-state index in [0.29, 0.717) is 24.5 Å². The van der Waals surface area contributed by atoms with Gasteiger partial charge in [-0.3, -0.25) is 9.10 Å². The van der Waals surface area contributed by atoms with Gasteiger partial charge in [0.2, 0.25) is 5.91 Å². The van der Waals surface area contributed by atoms with Gasteiger partial charge in [-0.1, -0.05) is 18.2 Å². The van der Waals surface area contributed by atoms with E-state index >= 15 is 0 Å². The van der Waals surface area contributed by atoms with E-state index < -0.39 is 57.0 Å². The average molecular weight is 629 g/mol. The van der Waals surface area contributed by atoms with Crippen molar-refractivity contribution in [3.8, 4) is 16.9 Å². The van der Waals surface area contributed by atoms with Gasteiger partial charge in [0, 0.05) is 25.6 Å². The van der Waals surface area contributed by atoms with Crippen LogP contribution in [0.1, 0.15) is 30.4 Å². The Balaban J connectivity index is 1.56. The molecule has 1 unspecified atom stereocenters. The molecule has 0 saturated carbocycles. The molecule has 0 aliphatic carbocycles. The van der Waals surface area contributed by atoms with E-state index in [1.807, 2.05) is 0 Å². The standard InChI is InChI=1S/C29H26F6N2O5S/c30-21-10-19(12-24(15-21)42-28(31)32)17-4-5-18-11-22(16-27(39)36-8-6-23(38)7-9-36)37(26(18)13-17)43(40,41)25-3-1-2-20(14-25)29(33,34)35/h1-5,10,12-15,22-23,28,38H,6-9,11,16H2. The van der Waals surface area contributed by atoms with Crippen molar-refractivity contribution >= 4 is 21.6 Å². The van der Waals surface area contributed by atoms with E-state index in [-0.39, 0.29) is 48.7 Å². The third-order valence-corrected chi connectivity index (χ3v) is 9.35. The maximum atomic E-state index is 14.3. The number of carbonyl (C=O) groups excluding carboxylic acids is 1. The number of hydrogen-bond acceptors (Lipinski definition) is 5. The Kier molecular flexibility index (Phi) is 8.36. The van der Waals surface area contributed by atoms with Gasteiger partial charge < -0.3 is 14.7 Å². The van der Waals surface area contributed by atoms with Gasteiger partial charge in [-0.25, -0.2) is 12.8 Å². The number of alkyl halides is 5. The molecule has 43 heavy (non-hydrogen) atoms. The molecule has 5 rings (SSSR count). The lowest BCUT2D eigenvalue weighted by atomic mass is 10.0. The number of benzene rings is 3. The molecule has 1 N–H and O–H groups in total. The lowest BCUT2D eigenvalue weighted by Crippen LogP contribution is -2.45. The van der Waals surface area contributed by atoms with Gasteiger partial charge in [-0.05, 0) is 72.4 Å². The van der Waals surface area contributed by atoms with E-state index in [0.717, 1.165) is 40.7 Å². The first-order chi connectivity index (χ1) is 20.2. The zero-order valence-electron chi connectivity index (χ0n) is 22.4. The molecule has 2 aliphatic rings. The van der Waals surface area contributed by atoms with Crippen molar-refractivity contribution in [1.29, 1.82) is 0 Å². The summed E-state index contributed by atoms with van der Waals surface area (Å²) in [5.74, 6) is -1.74. The summed E-state index contributed by atoms with van der Waals surface area (Å²) in [7, 11) is -4.68. The highest BCUT2D eigenvalue weighted by Crippen LogP contribution is 2.42. The molecule has 2 heterocycles. The molecule has 0 spiro atoms. The molecule has 0 bridgehead atoms. The van der Waals surface area contributed by atoms with Crippen LogP contribution in [0.3, 0.4) is 0 Å². The Labute approximate surface area is 243 Å². The van der Waals surface area contributed by atoms with Crippen LogP contribution in [-0.2, 0) is 27.4 Å². The van der Waals surface area contributed by atoms with Crippen molar-refractivity contribution < 1.29 is 49.4 Å². The number of aliphatic hydroxyl groups excluding tert-OH is 1. The fraction of sp³-hybridized carbons (Fsp3) is 0.345. The highest BCUT2D eigenvalue weighted by atomic mass is 32.2. The summed E-state index contributed by atoms with van der Waals surface area (Å²) in [6, 6.07) is 9.61. The molecule has 3 aromatic carbocycles. The van der Waals surface area contributed by atoms with Crippen molar-refractivity contribution in [3.05, 3.63) is 77.6 Å². The fourth-order valence-electron chi connectivity index (χ4n) is 5.43. The Morgan fingerprint density at radius 2 is 1.72 bits per heavy atom. The number of fused-ring (bicyclic) bond motifs is 1. The van der Waals surface area contributed by atoms with E-state index in [1.165, 1.54) is 17.0 Å². The average Bonchev–Trinajstić information content (AvgIpc) is 3.30. The van der Waals surface area contributed by atoms with E-state index in [2.05, 4.69) is 4.74 Å². The number of sulfonamides is 1. The van der Waals surface area contributed by atoms with Crippen molar-refractivity contribution in [2.24, 2.45) is 0 Å². The zero-order chi connectivity index (χ0) is 31.1. The van der Waals surface area contributed by atoms with Crippen LogP contribution in [0.15, 0.2) is 65.6 Å². The molecule has 3 aromatic rings. The minimum atomic E-state index is -4.81. The molecule has 7 nitrogen and oxygen atoms in total. The summed E-state index contributed by atoms with van der Waals surface area (Å²) in [6.07, 6.45) is -4.88.